The Morgan fingerprint density at radius 2 is 1.96 bits per heavy atom. The summed E-state index contributed by atoms with van der Waals surface area (Å²) in [5, 5.41) is 11.3. The second kappa shape index (κ2) is 11.2. The summed E-state index contributed by atoms with van der Waals surface area (Å²) in [6, 6.07) is -2.26. The van der Waals surface area contributed by atoms with Crippen molar-refractivity contribution >= 4 is 12.0 Å². The van der Waals surface area contributed by atoms with Crippen molar-refractivity contribution in [2.24, 2.45) is 0 Å². The van der Waals surface area contributed by atoms with Gasteiger partial charge >= 0.3 is 12.0 Å². The number of nitrogens with one attached hydrogen (secondary N) is 1. The molecule has 6 nitrogen and oxygen atoms in total. The highest BCUT2D eigenvalue weighted by Gasteiger charge is 2.36. The molecule has 0 aliphatic carbocycles. The lowest BCUT2D eigenvalue weighted by molar-refractivity contribution is -0.142. The number of rotatable bonds is 12. The lowest BCUT2D eigenvalue weighted by Crippen LogP contribution is -2.50. The van der Waals surface area contributed by atoms with Gasteiger partial charge in [-0.05, 0) is 20.3 Å². The molecule has 0 saturated carbocycles. The maximum atomic E-state index is 13.6. The van der Waals surface area contributed by atoms with Gasteiger partial charge in [0.05, 0.1) is 0 Å². The van der Waals surface area contributed by atoms with Crippen molar-refractivity contribution < 1.29 is 28.2 Å². The minimum atomic E-state index is -3.11. The summed E-state index contributed by atoms with van der Waals surface area (Å²) < 4.78 is 32.4. The monoisotopic (exact) mass is 338 g/mol. The van der Waals surface area contributed by atoms with E-state index >= 15 is 0 Å². The number of nitrogens with zero attached hydrogens (tertiary/aromatic N) is 1. The molecule has 8 heteroatoms. The summed E-state index contributed by atoms with van der Waals surface area (Å²) in [6.07, 6.45) is -0.471. The molecule has 0 radical (unpaired) electrons. The number of aliphatic carboxylic acids is 1. The Balaban J connectivity index is 4.60. The number of alkyl halides is 2. The van der Waals surface area contributed by atoms with Gasteiger partial charge in [-0.3, -0.25) is 0 Å². The summed E-state index contributed by atoms with van der Waals surface area (Å²) >= 11 is 0. The van der Waals surface area contributed by atoms with E-state index in [1.807, 2.05) is 6.92 Å². The zero-order valence-electron chi connectivity index (χ0n) is 14.1. The van der Waals surface area contributed by atoms with Crippen LogP contribution in [0.25, 0.3) is 0 Å². The molecule has 0 fully saturated rings. The third-order valence-electron chi connectivity index (χ3n) is 3.30. The minimum absolute atomic E-state index is 0.242. The fourth-order valence-corrected chi connectivity index (χ4v) is 2.11. The second-order valence-corrected chi connectivity index (χ2v) is 5.28. The molecule has 0 rings (SSSR count). The Hall–Kier alpha value is -1.44. The van der Waals surface area contributed by atoms with Crippen molar-refractivity contribution in [2.75, 3.05) is 26.3 Å². The number of ether oxygens (including phenoxy) is 1. The SMILES string of the molecule is CCCC(F)(F)CC(NC(=O)N(CC)CCCOCC)C(=O)O. The number of carbonyl (C=O) groups is 2. The first-order valence-electron chi connectivity index (χ1n) is 8.01. The average Bonchev–Trinajstić information content (AvgIpc) is 2.46. The van der Waals surface area contributed by atoms with Gasteiger partial charge in [-0.15, -0.1) is 0 Å². The summed E-state index contributed by atoms with van der Waals surface area (Å²) in [7, 11) is 0. The fraction of sp³-hybridized carbons (Fsp3) is 0.867. The molecule has 0 aromatic carbocycles. The van der Waals surface area contributed by atoms with Crippen LogP contribution in [-0.4, -0.2) is 60.3 Å². The third-order valence-corrected chi connectivity index (χ3v) is 3.30. The average molecular weight is 338 g/mol. The van der Waals surface area contributed by atoms with E-state index in [1.54, 1.807) is 13.8 Å². The van der Waals surface area contributed by atoms with Crippen LogP contribution >= 0.6 is 0 Å². The Morgan fingerprint density at radius 3 is 2.43 bits per heavy atom. The van der Waals surface area contributed by atoms with Crippen molar-refractivity contribution in [3.8, 4) is 0 Å². The molecule has 1 unspecified atom stereocenters. The topological polar surface area (TPSA) is 78.9 Å². The van der Waals surface area contributed by atoms with Crippen LogP contribution in [0.2, 0.25) is 0 Å². The van der Waals surface area contributed by atoms with E-state index < -0.39 is 36.8 Å². The van der Waals surface area contributed by atoms with E-state index in [-0.39, 0.29) is 6.42 Å². The van der Waals surface area contributed by atoms with E-state index in [0.29, 0.717) is 32.7 Å². The van der Waals surface area contributed by atoms with Crippen LogP contribution in [-0.2, 0) is 9.53 Å². The van der Waals surface area contributed by atoms with Crippen LogP contribution in [0.5, 0.6) is 0 Å². The summed E-state index contributed by atoms with van der Waals surface area (Å²) in [5.74, 6) is -4.57. The van der Waals surface area contributed by atoms with Gasteiger partial charge in [0.2, 0.25) is 0 Å². The first-order valence-corrected chi connectivity index (χ1v) is 8.01. The molecule has 2 N–H and O–H groups in total. The van der Waals surface area contributed by atoms with Crippen LogP contribution in [0.15, 0.2) is 0 Å². The van der Waals surface area contributed by atoms with Crippen LogP contribution < -0.4 is 5.32 Å². The van der Waals surface area contributed by atoms with Gasteiger partial charge in [-0.2, -0.15) is 0 Å². The van der Waals surface area contributed by atoms with Crippen LogP contribution in [0, 0.1) is 0 Å². The van der Waals surface area contributed by atoms with E-state index in [2.05, 4.69) is 5.32 Å². The van der Waals surface area contributed by atoms with Crippen molar-refractivity contribution in [2.45, 2.75) is 58.4 Å². The molecule has 0 heterocycles. The van der Waals surface area contributed by atoms with Crippen LogP contribution in [0.3, 0.4) is 0 Å². The molecule has 136 valence electrons. The van der Waals surface area contributed by atoms with Crippen molar-refractivity contribution in [1.29, 1.82) is 0 Å². The molecule has 23 heavy (non-hydrogen) atoms. The van der Waals surface area contributed by atoms with E-state index in [4.69, 9.17) is 9.84 Å². The quantitative estimate of drug-likeness (QED) is 0.536. The Kier molecular flexibility index (Phi) is 10.5. The molecular weight excluding hydrogens is 310 g/mol. The van der Waals surface area contributed by atoms with Gasteiger partial charge < -0.3 is 20.1 Å². The highest BCUT2D eigenvalue weighted by Crippen LogP contribution is 2.26. The fourth-order valence-electron chi connectivity index (χ4n) is 2.11. The second-order valence-electron chi connectivity index (χ2n) is 5.28. The van der Waals surface area contributed by atoms with Gasteiger partial charge in [0.15, 0.2) is 0 Å². The smallest absolute Gasteiger partial charge is 0.326 e. The number of halogens is 2. The zero-order chi connectivity index (χ0) is 17.9. The first kappa shape index (κ1) is 21.6. The standard InChI is InChI=1S/C15H28F2N2O4/c1-4-8-15(16,17)11-12(13(20)21)18-14(22)19(5-2)9-7-10-23-6-3/h12H,4-11H2,1-3H3,(H,18,22)(H,20,21). The largest absolute Gasteiger partial charge is 0.480 e. The van der Waals surface area contributed by atoms with Gasteiger partial charge in [-0.25, -0.2) is 18.4 Å². The summed E-state index contributed by atoms with van der Waals surface area (Å²) in [6.45, 7) is 6.98. The molecule has 0 aromatic heterocycles. The maximum Gasteiger partial charge on any atom is 0.326 e. The van der Waals surface area contributed by atoms with E-state index in [1.165, 1.54) is 4.90 Å². The normalized spacial score (nSPS) is 12.7. The van der Waals surface area contributed by atoms with Gasteiger partial charge in [0.25, 0.3) is 5.92 Å². The lowest BCUT2D eigenvalue weighted by atomic mass is 10.0. The third kappa shape index (κ3) is 9.32. The van der Waals surface area contributed by atoms with E-state index in [9.17, 15) is 18.4 Å². The molecule has 0 spiro atoms. The van der Waals surface area contributed by atoms with Crippen LogP contribution in [0.4, 0.5) is 13.6 Å². The van der Waals surface area contributed by atoms with Crippen molar-refractivity contribution in [3.63, 3.8) is 0 Å². The number of carboxylic acids is 1. The Bertz CT molecular complexity index is 367. The highest BCUT2D eigenvalue weighted by molar-refractivity contribution is 5.82. The van der Waals surface area contributed by atoms with Crippen LogP contribution in [0.1, 0.15) is 46.5 Å². The number of carbonyl (C=O) groups excluding carboxylic acids is 1. The minimum Gasteiger partial charge on any atom is -0.480 e. The first-order chi connectivity index (χ1) is 10.8. The molecule has 0 aromatic rings. The molecule has 0 aliphatic heterocycles. The summed E-state index contributed by atoms with van der Waals surface area (Å²) in [4.78, 5) is 24.6. The van der Waals surface area contributed by atoms with Gasteiger partial charge in [0, 0.05) is 39.1 Å². The molecular formula is C15H28F2N2O4. The molecule has 0 saturated heterocycles. The lowest BCUT2D eigenvalue weighted by Gasteiger charge is -2.26. The molecule has 2 amide bonds. The number of carboxylic acid groups (broad SMARTS) is 1. The molecule has 1 atom stereocenters. The maximum absolute atomic E-state index is 13.6. The molecule has 0 bridgehead atoms. The predicted octanol–water partition coefficient (Wildman–Crippen LogP) is 2.72. The number of hydrogen-bond acceptors (Lipinski definition) is 3. The zero-order valence-corrected chi connectivity index (χ0v) is 14.1. The Morgan fingerprint density at radius 1 is 1.30 bits per heavy atom. The van der Waals surface area contributed by atoms with Crippen molar-refractivity contribution in [3.05, 3.63) is 0 Å². The number of amides is 2. The summed E-state index contributed by atoms with van der Waals surface area (Å²) in [5.41, 5.74) is 0. The predicted molar refractivity (Wildman–Crippen MR) is 82.8 cm³/mol. The van der Waals surface area contributed by atoms with Gasteiger partial charge in [-0.1, -0.05) is 13.3 Å². The van der Waals surface area contributed by atoms with Crippen molar-refractivity contribution in [1.82, 2.24) is 10.2 Å². The van der Waals surface area contributed by atoms with E-state index in [0.717, 1.165) is 0 Å². The number of hydrogen-bond donors (Lipinski definition) is 2. The Labute approximate surface area is 136 Å². The molecule has 0 aliphatic rings. The highest BCUT2D eigenvalue weighted by atomic mass is 19.3. The van der Waals surface area contributed by atoms with Gasteiger partial charge in [0.1, 0.15) is 6.04 Å². The number of urea groups is 1.